The van der Waals surface area contributed by atoms with Crippen LogP contribution in [0.5, 0.6) is 0 Å². The van der Waals surface area contributed by atoms with Crippen LogP contribution < -0.4 is 0 Å². The van der Waals surface area contributed by atoms with E-state index in [2.05, 4.69) is 26.5 Å². The number of fused-ring (bicyclic) bond motifs is 3. The first-order valence-corrected chi connectivity index (χ1v) is 8.06. The standard InChI is InChI=1S/C19H24O3/c1-5-10-22-19-9-7-15(14(4)20)18(19,6-2)12-13(3)17-16(19)8-11-21-17/h5,7-8,11,13H,1,6,9-10,12H2,2-4H3/t13-,18-,19+/m1/s1. The van der Waals surface area contributed by atoms with Crippen LogP contribution in [0.15, 0.2) is 41.1 Å². The van der Waals surface area contributed by atoms with Crippen molar-refractivity contribution in [1.29, 1.82) is 0 Å². The number of carbonyl (C=O) groups excluding carboxylic acids is 1. The van der Waals surface area contributed by atoms with Crippen molar-refractivity contribution in [3.8, 4) is 0 Å². The topological polar surface area (TPSA) is 39.4 Å². The van der Waals surface area contributed by atoms with E-state index in [9.17, 15) is 4.79 Å². The van der Waals surface area contributed by atoms with E-state index in [4.69, 9.17) is 9.15 Å². The van der Waals surface area contributed by atoms with E-state index < -0.39 is 5.60 Å². The number of hydrogen-bond donors (Lipinski definition) is 0. The third-order valence-electron chi connectivity index (χ3n) is 5.55. The minimum Gasteiger partial charge on any atom is -0.469 e. The molecule has 0 N–H and O–H groups in total. The van der Waals surface area contributed by atoms with Crippen molar-refractivity contribution in [3.63, 3.8) is 0 Å². The predicted octanol–water partition coefficient (Wildman–Crippen LogP) is 4.50. The summed E-state index contributed by atoms with van der Waals surface area (Å²) in [5, 5.41) is 0. The van der Waals surface area contributed by atoms with Gasteiger partial charge in [-0.3, -0.25) is 4.79 Å². The lowest BCUT2D eigenvalue weighted by Gasteiger charge is -2.51. The number of rotatable bonds is 5. The fraction of sp³-hybridized carbons (Fsp3) is 0.526. The maximum absolute atomic E-state index is 12.3. The zero-order chi connectivity index (χ0) is 16.0. The first-order chi connectivity index (χ1) is 10.5. The van der Waals surface area contributed by atoms with E-state index in [0.29, 0.717) is 6.61 Å². The van der Waals surface area contributed by atoms with Gasteiger partial charge in [0.05, 0.1) is 12.9 Å². The number of carbonyl (C=O) groups is 1. The van der Waals surface area contributed by atoms with Gasteiger partial charge in [0, 0.05) is 28.9 Å². The summed E-state index contributed by atoms with van der Waals surface area (Å²) in [5.41, 5.74) is 1.28. The van der Waals surface area contributed by atoms with E-state index in [1.54, 1.807) is 19.3 Å². The molecule has 3 nitrogen and oxygen atoms in total. The molecule has 3 atom stereocenters. The maximum Gasteiger partial charge on any atom is 0.156 e. The minimum absolute atomic E-state index is 0.157. The van der Waals surface area contributed by atoms with E-state index in [1.807, 2.05) is 6.07 Å². The second-order valence-electron chi connectivity index (χ2n) is 6.54. The Labute approximate surface area is 132 Å². The number of hydrogen-bond acceptors (Lipinski definition) is 3. The lowest BCUT2D eigenvalue weighted by molar-refractivity contribution is -0.133. The average Bonchev–Trinajstić information content (AvgIpc) is 3.09. The Bertz CT molecular complexity index is 639. The van der Waals surface area contributed by atoms with Crippen molar-refractivity contribution in [3.05, 3.63) is 48.0 Å². The number of ether oxygens (including phenoxy) is 1. The molecule has 0 fully saturated rings. The summed E-state index contributed by atoms with van der Waals surface area (Å²) in [5.74, 6) is 1.45. The Hall–Kier alpha value is -1.61. The zero-order valence-electron chi connectivity index (χ0n) is 13.6. The molecule has 3 heteroatoms. The van der Waals surface area contributed by atoms with Gasteiger partial charge in [-0.25, -0.2) is 0 Å². The predicted molar refractivity (Wildman–Crippen MR) is 85.7 cm³/mol. The Morgan fingerprint density at radius 2 is 2.36 bits per heavy atom. The van der Waals surface area contributed by atoms with Gasteiger partial charge in [-0.1, -0.05) is 26.0 Å². The molecule has 0 spiro atoms. The molecule has 0 radical (unpaired) electrons. The third kappa shape index (κ3) is 1.75. The van der Waals surface area contributed by atoms with Crippen molar-refractivity contribution in [2.75, 3.05) is 6.61 Å². The largest absolute Gasteiger partial charge is 0.469 e. The van der Waals surface area contributed by atoms with Gasteiger partial charge in [0.15, 0.2) is 5.78 Å². The molecule has 1 aromatic heterocycles. The second-order valence-corrected chi connectivity index (χ2v) is 6.54. The molecule has 1 aromatic rings. The maximum atomic E-state index is 12.3. The first-order valence-electron chi connectivity index (χ1n) is 8.06. The van der Waals surface area contributed by atoms with Crippen LogP contribution in [0.3, 0.4) is 0 Å². The van der Waals surface area contributed by atoms with Gasteiger partial charge in [-0.05, 0) is 25.8 Å². The van der Waals surface area contributed by atoms with E-state index in [1.165, 1.54) is 0 Å². The molecular weight excluding hydrogens is 276 g/mol. The highest BCUT2D eigenvalue weighted by Gasteiger charge is 2.62. The van der Waals surface area contributed by atoms with Crippen LogP contribution in [0.25, 0.3) is 0 Å². The quantitative estimate of drug-likeness (QED) is 0.752. The van der Waals surface area contributed by atoms with Crippen molar-refractivity contribution in [2.45, 2.75) is 51.6 Å². The van der Waals surface area contributed by atoms with Gasteiger partial charge in [0.25, 0.3) is 0 Å². The van der Waals surface area contributed by atoms with Crippen LogP contribution in [0.4, 0.5) is 0 Å². The highest BCUT2D eigenvalue weighted by Crippen LogP contribution is 2.65. The molecule has 0 amide bonds. The van der Waals surface area contributed by atoms with Crippen molar-refractivity contribution in [2.24, 2.45) is 5.41 Å². The highest BCUT2D eigenvalue weighted by molar-refractivity contribution is 5.96. The van der Waals surface area contributed by atoms with Crippen LogP contribution >= 0.6 is 0 Å². The molecule has 0 unspecified atom stereocenters. The van der Waals surface area contributed by atoms with Gasteiger partial charge in [0.2, 0.25) is 0 Å². The number of Topliss-reactive ketones (excluding diaryl/α,β-unsaturated/α-hetero) is 1. The van der Waals surface area contributed by atoms with Gasteiger partial charge in [0.1, 0.15) is 11.4 Å². The molecule has 2 aliphatic carbocycles. The molecule has 0 aromatic carbocycles. The molecule has 118 valence electrons. The fourth-order valence-corrected chi connectivity index (χ4v) is 4.73. The summed E-state index contributed by atoms with van der Waals surface area (Å²) in [7, 11) is 0. The van der Waals surface area contributed by atoms with Gasteiger partial charge < -0.3 is 9.15 Å². The molecule has 0 saturated heterocycles. The average molecular weight is 300 g/mol. The van der Waals surface area contributed by atoms with Gasteiger partial charge in [-0.2, -0.15) is 0 Å². The normalized spacial score (nSPS) is 33.0. The number of furan rings is 1. The SMILES string of the molecule is C=CCO[C@]12CC=C(C(C)=O)[C@@]1(CC)C[C@@H](C)c1occc12. The summed E-state index contributed by atoms with van der Waals surface area (Å²) >= 11 is 0. The molecule has 1 heterocycles. The monoisotopic (exact) mass is 300 g/mol. The summed E-state index contributed by atoms with van der Waals surface area (Å²) in [6, 6.07) is 2.02. The lowest BCUT2D eigenvalue weighted by Crippen LogP contribution is -2.50. The summed E-state index contributed by atoms with van der Waals surface area (Å²) in [6.07, 6.45) is 8.10. The smallest absolute Gasteiger partial charge is 0.156 e. The van der Waals surface area contributed by atoms with Crippen LogP contribution in [0.2, 0.25) is 0 Å². The molecule has 3 rings (SSSR count). The molecular formula is C19H24O3. The van der Waals surface area contributed by atoms with Crippen molar-refractivity contribution >= 4 is 5.78 Å². The summed E-state index contributed by atoms with van der Waals surface area (Å²) in [6.45, 7) is 10.3. The second kappa shape index (κ2) is 5.24. The van der Waals surface area contributed by atoms with Crippen LogP contribution in [0.1, 0.15) is 57.3 Å². The molecule has 0 saturated carbocycles. The molecule has 22 heavy (non-hydrogen) atoms. The molecule has 0 aliphatic heterocycles. The third-order valence-corrected chi connectivity index (χ3v) is 5.55. The van der Waals surface area contributed by atoms with Crippen molar-refractivity contribution < 1.29 is 13.9 Å². The van der Waals surface area contributed by atoms with E-state index in [-0.39, 0.29) is 17.1 Å². The van der Waals surface area contributed by atoms with Crippen LogP contribution in [-0.2, 0) is 15.1 Å². The van der Waals surface area contributed by atoms with Crippen LogP contribution in [-0.4, -0.2) is 12.4 Å². The van der Waals surface area contributed by atoms with Gasteiger partial charge in [-0.15, -0.1) is 6.58 Å². The fourth-order valence-electron chi connectivity index (χ4n) is 4.73. The lowest BCUT2D eigenvalue weighted by atomic mass is 9.57. The molecule has 0 bridgehead atoms. The van der Waals surface area contributed by atoms with Crippen molar-refractivity contribution in [1.82, 2.24) is 0 Å². The summed E-state index contributed by atoms with van der Waals surface area (Å²) in [4.78, 5) is 12.3. The van der Waals surface area contributed by atoms with Gasteiger partial charge >= 0.3 is 0 Å². The Kier molecular flexibility index (Phi) is 3.64. The Balaban J connectivity index is 2.22. The highest BCUT2D eigenvalue weighted by atomic mass is 16.5. The Morgan fingerprint density at radius 3 is 3.00 bits per heavy atom. The summed E-state index contributed by atoms with van der Waals surface area (Å²) < 4.78 is 12.1. The zero-order valence-corrected chi connectivity index (χ0v) is 13.6. The van der Waals surface area contributed by atoms with E-state index >= 15 is 0 Å². The van der Waals surface area contributed by atoms with E-state index in [0.717, 1.165) is 36.2 Å². The first kappa shape index (κ1) is 15.3. The minimum atomic E-state index is -0.494. The van der Waals surface area contributed by atoms with Crippen LogP contribution in [0, 0.1) is 5.41 Å². The number of ketones is 1. The Morgan fingerprint density at radius 1 is 1.59 bits per heavy atom. The molecule has 2 aliphatic rings.